The van der Waals surface area contributed by atoms with Gasteiger partial charge in [0.1, 0.15) is 11.6 Å². The highest BCUT2D eigenvalue weighted by molar-refractivity contribution is 9.10. The average Bonchev–Trinajstić information content (AvgIpc) is 2.51. The van der Waals surface area contributed by atoms with Crippen molar-refractivity contribution in [3.05, 3.63) is 63.3 Å². The predicted molar refractivity (Wildman–Crippen MR) is 92.4 cm³/mol. The minimum absolute atomic E-state index is 0.230. The van der Waals surface area contributed by atoms with Gasteiger partial charge >= 0.3 is 0 Å². The van der Waals surface area contributed by atoms with Gasteiger partial charge in [0.05, 0.1) is 5.02 Å². The zero-order valence-corrected chi connectivity index (χ0v) is 14.8. The van der Waals surface area contributed by atoms with Crippen molar-refractivity contribution in [3.8, 4) is 5.75 Å². The van der Waals surface area contributed by atoms with Gasteiger partial charge in [-0.2, -0.15) is 0 Å². The van der Waals surface area contributed by atoms with Gasteiger partial charge in [0, 0.05) is 11.0 Å². The van der Waals surface area contributed by atoms with Crippen molar-refractivity contribution >= 4 is 33.4 Å². The lowest BCUT2D eigenvalue weighted by Crippen LogP contribution is -2.37. The van der Waals surface area contributed by atoms with Crippen LogP contribution in [0.2, 0.25) is 5.02 Å². The largest absolute Gasteiger partial charge is 0.479 e. The first kappa shape index (κ1) is 17.8. The molecule has 1 amide bonds. The Morgan fingerprint density at radius 1 is 1.30 bits per heavy atom. The van der Waals surface area contributed by atoms with E-state index in [9.17, 15) is 9.18 Å². The van der Waals surface area contributed by atoms with E-state index in [2.05, 4.69) is 21.2 Å². The third-order valence-corrected chi connectivity index (χ3v) is 3.98. The monoisotopic (exact) mass is 399 g/mol. The molecule has 0 spiro atoms. The van der Waals surface area contributed by atoms with Crippen molar-refractivity contribution in [2.75, 3.05) is 6.54 Å². The van der Waals surface area contributed by atoms with E-state index in [1.807, 2.05) is 0 Å². The molecule has 0 bridgehead atoms. The fraction of sp³-hybridized carbons (Fsp3) is 0.235. The van der Waals surface area contributed by atoms with E-state index in [-0.39, 0.29) is 11.7 Å². The summed E-state index contributed by atoms with van der Waals surface area (Å²) >= 11 is 9.37. The summed E-state index contributed by atoms with van der Waals surface area (Å²) in [6, 6.07) is 11.4. The first-order valence-corrected chi connectivity index (χ1v) is 8.26. The SMILES string of the molecule is C[C@@H](Oc1ccc(Br)cc1Cl)C(=O)NCCc1ccc(F)cc1. The minimum atomic E-state index is -0.665. The van der Waals surface area contributed by atoms with Gasteiger partial charge in [-0.25, -0.2) is 4.39 Å². The van der Waals surface area contributed by atoms with Crippen LogP contribution in [0.3, 0.4) is 0 Å². The summed E-state index contributed by atoms with van der Waals surface area (Å²) in [7, 11) is 0. The maximum atomic E-state index is 12.8. The second-order valence-corrected chi connectivity index (χ2v) is 6.33. The number of ether oxygens (including phenoxy) is 1. The molecule has 0 unspecified atom stereocenters. The minimum Gasteiger partial charge on any atom is -0.479 e. The summed E-state index contributed by atoms with van der Waals surface area (Å²) in [4.78, 5) is 12.0. The molecule has 2 aromatic rings. The molecule has 1 N–H and O–H groups in total. The first-order chi connectivity index (χ1) is 11.0. The molecular weight excluding hydrogens is 385 g/mol. The van der Waals surface area contributed by atoms with E-state index in [4.69, 9.17) is 16.3 Å². The molecule has 3 nitrogen and oxygen atoms in total. The Morgan fingerprint density at radius 2 is 2.00 bits per heavy atom. The number of hydrogen-bond donors (Lipinski definition) is 1. The number of carbonyl (C=O) groups excluding carboxylic acids is 1. The van der Waals surface area contributed by atoms with Crippen molar-refractivity contribution in [2.45, 2.75) is 19.4 Å². The number of nitrogens with one attached hydrogen (secondary N) is 1. The van der Waals surface area contributed by atoms with E-state index >= 15 is 0 Å². The quantitative estimate of drug-likeness (QED) is 0.782. The molecular formula is C17H16BrClFNO2. The molecule has 0 fully saturated rings. The molecule has 0 saturated heterocycles. The van der Waals surface area contributed by atoms with Crippen LogP contribution in [0.15, 0.2) is 46.9 Å². The van der Waals surface area contributed by atoms with Crippen molar-refractivity contribution in [3.63, 3.8) is 0 Å². The molecule has 0 aromatic heterocycles. The van der Waals surface area contributed by atoms with Crippen LogP contribution >= 0.6 is 27.5 Å². The van der Waals surface area contributed by atoms with Gasteiger partial charge in [-0.05, 0) is 49.2 Å². The number of carbonyl (C=O) groups is 1. The lowest BCUT2D eigenvalue weighted by molar-refractivity contribution is -0.127. The highest BCUT2D eigenvalue weighted by Gasteiger charge is 2.15. The van der Waals surface area contributed by atoms with E-state index in [0.29, 0.717) is 23.7 Å². The highest BCUT2D eigenvalue weighted by atomic mass is 79.9. The van der Waals surface area contributed by atoms with Crippen LogP contribution in [-0.2, 0) is 11.2 Å². The number of halogens is 3. The molecule has 1 atom stereocenters. The summed E-state index contributed by atoms with van der Waals surface area (Å²) in [6.07, 6.45) is -0.0421. The lowest BCUT2D eigenvalue weighted by atomic mass is 10.1. The summed E-state index contributed by atoms with van der Waals surface area (Å²) in [5.41, 5.74) is 0.955. The number of amides is 1. The first-order valence-electron chi connectivity index (χ1n) is 7.09. The molecule has 0 aliphatic carbocycles. The molecule has 2 aromatic carbocycles. The van der Waals surface area contributed by atoms with Gasteiger partial charge in [-0.1, -0.05) is 39.7 Å². The maximum Gasteiger partial charge on any atom is 0.260 e. The van der Waals surface area contributed by atoms with Crippen LogP contribution in [-0.4, -0.2) is 18.6 Å². The van der Waals surface area contributed by atoms with Crippen LogP contribution in [0.5, 0.6) is 5.75 Å². The number of rotatable bonds is 6. The smallest absolute Gasteiger partial charge is 0.260 e. The van der Waals surface area contributed by atoms with Crippen LogP contribution in [0.25, 0.3) is 0 Å². The van der Waals surface area contributed by atoms with Crippen molar-refractivity contribution in [1.29, 1.82) is 0 Å². The van der Waals surface area contributed by atoms with E-state index in [0.717, 1.165) is 10.0 Å². The summed E-state index contributed by atoms with van der Waals surface area (Å²) in [5.74, 6) is -0.0478. The second kappa shape index (κ2) is 8.31. The van der Waals surface area contributed by atoms with Crippen molar-refractivity contribution < 1.29 is 13.9 Å². The van der Waals surface area contributed by atoms with Gasteiger partial charge in [0.25, 0.3) is 5.91 Å². The van der Waals surface area contributed by atoms with Crippen molar-refractivity contribution in [1.82, 2.24) is 5.32 Å². The fourth-order valence-corrected chi connectivity index (χ4v) is 2.66. The van der Waals surface area contributed by atoms with E-state index < -0.39 is 6.10 Å². The fourth-order valence-electron chi connectivity index (χ4n) is 1.94. The summed E-state index contributed by atoms with van der Waals surface area (Å²) < 4.78 is 19.2. The van der Waals surface area contributed by atoms with Gasteiger partial charge in [0.15, 0.2) is 6.10 Å². The summed E-state index contributed by atoms with van der Waals surface area (Å²) in [5, 5.41) is 3.22. The van der Waals surface area contributed by atoms with Gasteiger partial charge in [-0.15, -0.1) is 0 Å². The lowest BCUT2D eigenvalue weighted by Gasteiger charge is -2.15. The Hall–Kier alpha value is -1.59. The molecule has 6 heteroatoms. The van der Waals surface area contributed by atoms with Crippen LogP contribution in [0.4, 0.5) is 4.39 Å². The molecule has 0 aliphatic heterocycles. The molecule has 0 aliphatic rings. The van der Waals surface area contributed by atoms with Crippen LogP contribution in [0.1, 0.15) is 12.5 Å². The molecule has 0 heterocycles. The second-order valence-electron chi connectivity index (χ2n) is 5.00. The molecule has 0 radical (unpaired) electrons. The van der Waals surface area contributed by atoms with Gasteiger partial charge in [-0.3, -0.25) is 4.79 Å². The van der Waals surface area contributed by atoms with Gasteiger partial charge < -0.3 is 10.1 Å². The van der Waals surface area contributed by atoms with E-state index in [1.165, 1.54) is 12.1 Å². The Balaban J connectivity index is 1.81. The van der Waals surface area contributed by atoms with Crippen LogP contribution < -0.4 is 10.1 Å². The number of hydrogen-bond acceptors (Lipinski definition) is 2. The Kier molecular flexibility index (Phi) is 6.42. The summed E-state index contributed by atoms with van der Waals surface area (Å²) in [6.45, 7) is 2.11. The molecule has 122 valence electrons. The topological polar surface area (TPSA) is 38.3 Å². The maximum absolute atomic E-state index is 12.8. The highest BCUT2D eigenvalue weighted by Crippen LogP contribution is 2.28. The third-order valence-electron chi connectivity index (χ3n) is 3.19. The molecule has 23 heavy (non-hydrogen) atoms. The third kappa shape index (κ3) is 5.52. The molecule has 0 saturated carbocycles. The molecule has 2 rings (SSSR count). The average molecular weight is 401 g/mol. The van der Waals surface area contributed by atoms with Crippen LogP contribution in [0, 0.1) is 5.82 Å². The Morgan fingerprint density at radius 3 is 2.65 bits per heavy atom. The Bertz CT molecular complexity index is 679. The standard InChI is InChI=1S/C17H16BrClFNO2/c1-11(23-16-7-4-13(18)10-15(16)19)17(22)21-9-8-12-2-5-14(20)6-3-12/h2-7,10-11H,8-9H2,1H3,(H,21,22)/t11-/m1/s1. The van der Waals surface area contributed by atoms with Gasteiger partial charge in [0.2, 0.25) is 0 Å². The predicted octanol–water partition coefficient (Wildman–Crippen LogP) is 4.37. The number of benzene rings is 2. The van der Waals surface area contributed by atoms with E-state index in [1.54, 1.807) is 37.3 Å². The Labute approximate surface area is 147 Å². The zero-order valence-electron chi connectivity index (χ0n) is 12.5. The zero-order chi connectivity index (χ0) is 16.8. The normalized spacial score (nSPS) is 11.8. The van der Waals surface area contributed by atoms with Crippen molar-refractivity contribution in [2.24, 2.45) is 0 Å².